The molecule has 8 nitrogen and oxygen atoms in total. The fourth-order valence-corrected chi connectivity index (χ4v) is 3.52. The van der Waals surface area contributed by atoms with Gasteiger partial charge in [-0.3, -0.25) is 9.69 Å². The minimum Gasteiger partial charge on any atom is -0.468 e. The SMILES string of the molecule is COC(=O)C1Cc2ccccc2CN1Cc1nc(N)nc(Nc2ccc(F)cc2)n1. The third-order valence-corrected chi connectivity index (χ3v) is 4.96. The number of hydrogen-bond acceptors (Lipinski definition) is 8. The van der Waals surface area contributed by atoms with Gasteiger partial charge < -0.3 is 15.8 Å². The summed E-state index contributed by atoms with van der Waals surface area (Å²) < 4.78 is 18.1. The molecule has 4 rings (SSSR count). The van der Waals surface area contributed by atoms with E-state index in [1.807, 2.05) is 29.2 Å². The standard InChI is InChI=1S/C21H21FN6O2/c1-30-19(29)17-10-13-4-2-3-5-14(13)11-28(17)12-18-25-20(23)27-21(26-18)24-16-8-6-15(22)7-9-16/h2-9,17H,10-12H2,1H3,(H3,23,24,25,26,27). The van der Waals surface area contributed by atoms with Crippen molar-refractivity contribution in [2.75, 3.05) is 18.2 Å². The van der Waals surface area contributed by atoms with Gasteiger partial charge in [0.15, 0.2) is 0 Å². The number of benzene rings is 2. The molecule has 3 N–H and O–H groups in total. The fourth-order valence-electron chi connectivity index (χ4n) is 3.52. The van der Waals surface area contributed by atoms with E-state index < -0.39 is 6.04 Å². The van der Waals surface area contributed by atoms with Crippen LogP contribution in [0, 0.1) is 5.82 Å². The number of fused-ring (bicyclic) bond motifs is 1. The Bertz CT molecular complexity index is 1060. The van der Waals surface area contributed by atoms with Crippen molar-refractivity contribution in [2.24, 2.45) is 0 Å². The van der Waals surface area contributed by atoms with Gasteiger partial charge >= 0.3 is 5.97 Å². The summed E-state index contributed by atoms with van der Waals surface area (Å²) in [4.78, 5) is 27.1. The second kappa shape index (κ2) is 8.42. The van der Waals surface area contributed by atoms with Crippen LogP contribution in [0.2, 0.25) is 0 Å². The largest absolute Gasteiger partial charge is 0.468 e. The van der Waals surface area contributed by atoms with Gasteiger partial charge in [-0.2, -0.15) is 15.0 Å². The van der Waals surface area contributed by atoms with E-state index >= 15 is 0 Å². The summed E-state index contributed by atoms with van der Waals surface area (Å²) in [6, 6.07) is 13.4. The van der Waals surface area contributed by atoms with E-state index in [0.717, 1.165) is 11.1 Å². The number of nitrogens with one attached hydrogen (secondary N) is 1. The minimum atomic E-state index is -0.448. The summed E-state index contributed by atoms with van der Waals surface area (Å²) in [6.45, 7) is 0.848. The maximum atomic E-state index is 13.1. The number of anilines is 3. The van der Waals surface area contributed by atoms with Gasteiger partial charge in [0.25, 0.3) is 0 Å². The molecule has 0 spiro atoms. The maximum absolute atomic E-state index is 13.1. The van der Waals surface area contributed by atoms with Crippen LogP contribution in [-0.2, 0) is 29.0 Å². The van der Waals surface area contributed by atoms with E-state index in [1.165, 1.54) is 19.2 Å². The van der Waals surface area contributed by atoms with Crippen molar-refractivity contribution in [2.45, 2.75) is 25.6 Å². The molecule has 1 aliphatic heterocycles. The van der Waals surface area contributed by atoms with Crippen LogP contribution in [0.5, 0.6) is 0 Å². The molecule has 0 amide bonds. The average Bonchev–Trinajstić information content (AvgIpc) is 2.74. The molecule has 0 bridgehead atoms. The highest BCUT2D eigenvalue weighted by atomic mass is 19.1. The number of esters is 1. The predicted octanol–water partition coefficient (Wildman–Crippen LogP) is 2.44. The van der Waals surface area contributed by atoms with Crippen LogP contribution in [0.25, 0.3) is 0 Å². The zero-order chi connectivity index (χ0) is 21.1. The molecule has 1 unspecified atom stereocenters. The molecule has 1 aromatic heterocycles. The van der Waals surface area contributed by atoms with Gasteiger partial charge in [-0.05, 0) is 41.8 Å². The molecular weight excluding hydrogens is 387 g/mol. The first-order chi connectivity index (χ1) is 14.5. The van der Waals surface area contributed by atoms with Crippen LogP contribution in [0.15, 0.2) is 48.5 Å². The molecule has 3 aromatic rings. The number of carbonyl (C=O) groups is 1. The number of halogens is 1. The monoisotopic (exact) mass is 408 g/mol. The highest BCUT2D eigenvalue weighted by molar-refractivity contribution is 5.76. The molecule has 30 heavy (non-hydrogen) atoms. The molecular formula is C21H21FN6O2. The van der Waals surface area contributed by atoms with E-state index in [2.05, 4.69) is 20.3 Å². The molecule has 2 aromatic carbocycles. The summed E-state index contributed by atoms with van der Waals surface area (Å²) >= 11 is 0. The molecule has 0 fully saturated rings. The Morgan fingerprint density at radius 1 is 1.17 bits per heavy atom. The van der Waals surface area contributed by atoms with Crippen molar-refractivity contribution in [3.63, 3.8) is 0 Å². The van der Waals surface area contributed by atoms with Gasteiger partial charge in [0.05, 0.1) is 13.7 Å². The van der Waals surface area contributed by atoms with Crippen LogP contribution in [0.1, 0.15) is 17.0 Å². The number of hydrogen-bond donors (Lipinski definition) is 2. The van der Waals surface area contributed by atoms with E-state index in [-0.39, 0.29) is 23.7 Å². The molecule has 1 atom stereocenters. The third kappa shape index (κ3) is 4.36. The number of nitrogens with zero attached hydrogens (tertiary/aromatic N) is 4. The van der Waals surface area contributed by atoms with Crippen molar-refractivity contribution in [1.29, 1.82) is 0 Å². The Hall–Kier alpha value is -3.59. The number of nitrogens with two attached hydrogens (primary N) is 1. The van der Waals surface area contributed by atoms with Crippen LogP contribution in [-0.4, -0.2) is 39.0 Å². The van der Waals surface area contributed by atoms with Crippen molar-refractivity contribution < 1.29 is 13.9 Å². The molecule has 2 heterocycles. The van der Waals surface area contributed by atoms with Crippen LogP contribution in [0.3, 0.4) is 0 Å². The van der Waals surface area contributed by atoms with Crippen LogP contribution < -0.4 is 11.1 Å². The lowest BCUT2D eigenvalue weighted by Gasteiger charge is -2.34. The third-order valence-electron chi connectivity index (χ3n) is 4.96. The molecule has 9 heteroatoms. The molecule has 0 aliphatic carbocycles. The van der Waals surface area contributed by atoms with Gasteiger partial charge in [0.2, 0.25) is 11.9 Å². The number of carbonyl (C=O) groups excluding carboxylic acids is 1. The zero-order valence-electron chi connectivity index (χ0n) is 16.4. The zero-order valence-corrected chi connectivity index (χ0v) is 16.4. The molecule has 0 saturated carbocycles. The Balaban J connectivity index is 1.58. The highest BCUT2D eigenvalue weighted by Crippen LogP contribution is 2.25. The number of aromatic nitrogens is 3. The van der Waals surface area contributed by atoms with Crippen molar-refractivity contribution in [3.05, 3.63) is 71.3 Å². The summed E-state index contributed by atoms with van der Waals surface area (Å²) in [5.41, 5.74) is 8.75. The smallest absolute Gasteiger partial charge is 0.323 e. The normalized spacial score (nSPS) is 16.0. The van der Waals surface area contributed by atoms with Gasteiger partial charge in [0.1, 0.15) is 17.7 Å². The summed E-state index contributed by atoms with van der Waals surface area (Å²) in [5.74, 6) is 0.0694. The lowest BCUT2D eigenvalue weighted by atomic mass is 9.94. The number of ether oxygens (including phenoxy) is 1. The van der Waals surface area contributed by atoms with Crippen LogP contribution in [0.4, 0.5) is 22.0 Å². The van der Waals surface area contributed by atoms with E-state index in [0.29, 0.717) is 31.0 Å². The minimum absolute atomic E-state index is 0.0524. The Morgan fingerprint density at radius 3 is 2.63 bits per heavy atom. The number of methoxy groups -OCH3 is 1. The Kier molecular flexibility index (Phi) is 5.53. The van der Waals surface area contributed by atoms with Gasteiger partial charge in [-0.25, -0.2) is 4.39 Å². The quantitative estimate of drug-likeness (QED) is 0.620. The maximum Gasteiger partial charge on any atom is 0.323 e. The Morgan fingerprint density at radius 2 is 1.90 bits per heavy atom. The first-order valence-corrected chi connectivity index (χ1v) is 9.43. The lowest BCUT2D eigenvalue weighted by molar-refractivity contribution is -0.148. The van der Waals surface area contributed by atoms with Crippen molar-refractivity contribution in [3.8, 4) is 0 Å². The predicted molar refractivity (Wildman–Crippen MR) is 109 cm³/mol. The molecule has 1 aliphatic rings. The number of rotatable bonds is 5. The van der Waals surface area contributed by atoms with Gasteiger partial charge in [0, 0.05) is 12.2 Å². The summed E-state index contributed by atoms with van der Waals surface area (Å²) in [5, 5.41) is 2.99. The van der Waals surface area contributed by atoms with E-state index in [4.69, 9.17) is 10.5 Å². The van der Waals surface area contributed by atoms with E-state index in [1.54, 1.807) is 12.1 Å². The first-order valence-electron chi connectivity index (χ1n) is 9.43. The van der Waals surface area contributed by atoms with Gasteiger partial charge in [-0.1, -0.05) is 24.3 Å². The number of nitrogen functional groups attached to an aromatic ring is 1. The van der Waals surface area contributed by atoms with Gasteiger partial charge in [-0.15, -0.1) is 0 Å². The second-order valence-electron chi connectivity index (χ2n) is 6.98. The van der Waals surface area contributed by atoms with Crippen molar-refractivity contribution >= 4 is 23.6 Å². The topological polar surface area (TPSA) is 106 Å². The second-order valence-corrected chi connectivity index (χ2v) is 6.98. The van der Waals surface area contributed by atoms with Crippen molar-refractivity contribution in [1.82, 2.24) is 19.9 Å². The summed E-state index contributed by atoms with van der Waals surface area (Å²) in [7, 11) is 1.38. The highest BCUT2D eigenvalue weighted by Gasteiger charge is 2.32. The average molecular weight is 408 g/mol. The Labute approximate surface area is 172 Å². The molecule has 0 saturated heterocycles. The lowest BCUT2D eigenvalue weighted by Crippen LogP contribution is -2.45. The summed E-state index contributed by atoms with van der Waals surface area (Å²) in [6.07, 6.45) is 0.546. The molecule has 0 radical (unpaired) electrons. The van der Waals surface area contributed by atoms with E-state index in [9.17, 15) is 9.18 Å². The first kappa shape index (κ1) is 19.7. The fraction of sp³-hybridized carbons (Fsp3) is 0.238. The van der Waals surface area contributed by atoms with Crippen LogP contribution >= 0.6 is 0 Å². The molecule has 154 valence electrons.